The van der Waals surface area contributed by atoms with Gasteiger partial charge in [0, 0.05) is 37.3 Å². The molecule has 0 radical (unpaired) electrons. The number of aliphatic hydroxyl groups excluding tert-OH is 1. The second kappa shape index (κ2) is 6.52. The highest BCUT2D eigenvalue weighted by Crippen LogP contribution is 2.35. The van der Waals surface area contributed by atoms with E-state index < -0.39 is 0 Å². The molecule has 0 aromatic carbocycles. The topological polar surface area (TPSA) is 50.1 Å². The highest BCUT2D eigenvalue weighted by molar-refractivity contribution is 7.13. The first-order valence-corrected chi connectivity index (χ1v) is 8.92. The molecule has 2 aromatic rings. The van der Waals surface area contributed by atoms with Gasteiger partial charge in [0.2, 0.25) is 0 Å². The van der Waals surface area contributed by atoms with Gasteiger partial charge in [-0.05, 0) is 24.3 Å². The summed E-state index contributed by atoms with van der Waals surface area (Å²) in [6.45, 7) is 3.85. The molecule has 22 heavy (non-hydrogen) atoms. The van der Waals surface area contributed by atoms with Crippen LogP contribution in [0.3, 0.4) is 0 Å². The molecule has 0 bridgehead atoms. The minimum atomic E-state index is -0.181. The van der Waals surface area contributed by atoms with Crippen molar-refractivity contribution < 1.29 is 5.11 Å². The molecule has 1 fully saturated rings. The van der Waals surface area contributed by atoms with E-state index in [2.05, 4.69) is 41.0 Å². The molecule has 2 heterocycles. The molecule has 0 spiro atoms. The number of aliphatic hydroxyl groups is 1. The Morgan fingerprint density at radius 1 is 1.50 bits per heavy atom. The molecular formula is C17H25N3OS. The van der Waals surface area contributed by atoms with E-state index in [4.69, 9.17) is 0 Å². The Morgan fingerprint density at radius 3 is 3.09 bits per heavy atom. The average molecular weight is 319 g/mol. The Balaban J connectivity index is 1.65. The molecule has 4 nitrogen and oxygen atoms in total. The van der Waals surface area contributed by atoms with Gasteiger partial charge in [-0.15, -0.1) is 11.3 Å². The van der Waals surface area contributed by atoms with E-state index in [0.717, 1.165) is 38.0 Å². The van der Waals surface area contributed by atoms with Crippen molar-refractivity contribution in [1.82, 2.24) is 15.1 Å². The lowest BCUT2D eigenvalue weighted by molar-refractivity contribution is 0.00116. The lowest BCUT2D eigenvalue weighted by atomic mass is 9.73. The molecule has 0 amide bonds. The number of aryl methyl sites for hydroxylation is 1. The Morgan fingerprint density at radius 2 is 2.36 bits per heavy atom. The summed E-state index contributed by atoms with van der Waals surface area (Å²) in [5.41, 5.74) is 2.29. The number of thiophene rings is 1. The highest BCUT2D eigenvalue weighted by atomic mass is 32.1. The van der Waals surface area contributed by atoms with Gasteiger partial charge >= 0.3 is 0 Å². The van der Waals surface area contributed by atoms with Gasteiger partial charge in [0.15, 0.2) is 0 Å². The van der Waals surface area contributed by atoms with E-state index in [1.54, 1.807) is 11.3 Å². The van der Waals surface area contributed by atoms with Crippen LogP contribution in [0.2, 0.25) is 0 Å². The van der Waals surface area contributed by atoms with E-state index in [9.17, 15) is 5.11 Å². The molecular weight excluding hydrogens is 294 g/mol. The van der Waals surface area contributed by atoms with E-state index in [-0.39, 0.29) is 11.5 Å². The van der Waals surface area contributed by atoms with Crippen LogP contribution >= 0.6 is 11.3 Å². The number of nitrogens with zero attached hydrogens (tertiary/aromatic N) is 2. The zero-order valence-electron chi connectivity index (χ0n) is 13.4. The summed E-state index contributed by atoms with van der Waals surface area (Å²) in [6.07, 6.45) is 6.32. The van der Waals surface area contributed by atoms with Crippen molar-refractivity contribution in [3.05, 3.63) is 29.3 Å². The molecule has 2 unspecified atom stereocenters. The monoisotopic (exact) mass is 319 g/mol. The SMILES string of the molecule is Cn1cc(CNCC2(C)CCCCC2O)c(-c2cccs2)n1. The van der Waals surface area contributed by atoms with Gasteiger partial charge in [0.1, 0.15) is 5.69 Å². The normalized spacial score (nSPS) is 25.5. The third-order valence-corrected chi connectivity index (χ3v) is 5.66. The van der Waals surface area contributed by atoms with Crippen LogP contribution < -0.4 is 5.32 Å². The second-order valence-corrected chi connectivity index (χ2v) is 7.62. The molecule has 2 atom stereocenters. The fourth-order valence-corrected chi connectivity index (χ4v) is 4.10. The molecule has 1 aliphatic carbocycles. The molecule has 3 rings (SSSR count). The van der Waals surface area contributed by atoms with Crippen molar-refractivity contribution in [2.24, 2.45) is 12.5 Å². The van der Waals surface area contributed by atoms with Crippen LogP contribution in [0.25, 0.3) is 10.6 Å². The van der Waals surface area contributed by atoms with E-state index in [1.165, 1.54) is 16.9 Å². The summed E-state index contributed by atoms with van der Waals surface area (Å²) < 4.78 is 1.88. The average Bonchev–Trinajstić information content (AvgIpc) is 3.12. The van der Waals surface area contributed by atoms with Crippen molar-refractivity contribution in [3.63, 3.8) is 0 Å². The number of rotatable bonds is 5. The molecule has 5 heteroatoms. The van der Waals surface area contributed by atoms with Crippen molar-refractivity contribution in [2.45, 2.75) is 45.3 Å². The Bertz CT molecular complexity index is 607. The van der Waals surface area contributed by atoms with Gasteiger partial charge < -0.3 is 10.4 Å². The smallest absolute Gasteiger partial charge is 0.107 e. The van der Waals surface area contributed by atoms with Gasteiger partial charge in [0.25, 0.3) is 0 Å². The maximum absolute atomic E-state index is 10.3. The van der Waals surface area contributed by atoms with Gasteiger partial charge in [-0.1, -0.05) is 25.8 Å². The van der Waals surface area contributed by atoms with E-state index in [0.29, 0.717) is 0 Å². The summed E-state index contributed by atoms with van der Waals surface area (Å²) >= 11 is 1.72. The number of nitrogens with one attached hydrogen (secondary N) is 1. The standard InChI is InChI=1S/C17H25N3OS/c1-17(8-4-3-7-15(17)21)12-18-10-13-11-20(2)19-16(13)14-6-5-9-22-14/h5-6,9,11,15,18,21H,3-4,7-8,10,12H2,1-2H3. The fourth-order valence-electron chi connectivity index (χ4n) is 3.36. The number of aromatic nitrogens is 2. The van der Waals surface area contributed by atoms with Crippen LogP contribution in [0.5, 0.6) is 0 Å². The van der Waals surface area contributed by atoms with Crippen molar-refractivity contribution >= 4 is 11.3 Å². The quantitative estimate of drug-likeness (QED) is 0.890. The van der Waals surface area contributed by atoms with Crippen LogP contribution in [0.15, 0.2) is 23.7 Å². The van der Waals surface area contributed by atoms with Crippen LogP contribution in [-0.4, -0.2) is 27.5 Å². The van der Waals surface area contributed by atoms with Crippen molar-refractivity contribution in [1.29, 1.82) is 0 Å². The van der Waals surface area contributed by atoms with Gasteiger partial charge in [-0.2, -0.15) is 5.10 Å². The largest absolute Gasteiger partial charge is 0.393 e. The van der Waals surface area contributed by atoms with Crippen molar-refractivity contribution in [3.8, 4) is 10.6 Å². The minimum Gasteiger partial charge on any atom is -0.393 e. The summed E-state index contributed by atoms with van der Waals surface area (Å²) in [5.74, 6) is 0. The Hall–Kier alpha value is -1.17. The summed E-state index contributed by atoms with van der Waals surface area (Å²) in [6, 6.07) is 4.17. The zero-order valence-corrected chi connectivity index (χ0v) is 14.2. The van der Waals surface area contributed by atoms with E-state index in [1.807, 2.05) is 11.7 Å². The molecule has 2 N–H and O–H groups in total. The molecule has 1 aliphatic rings. The second-order valence-electron chi connectivity index (χ2n) is 6.67. The molecule has 1 saturated carbocycles. The first-order chi connectivity index (χ1) is 10.6. The van der Waals surface area contributed by atoms with Gasteiger partial charge in [-0.3, -0.25) is 4.68 Å². The number of hydrogen-bond acceptors (Lipinski definition) is 4. The molecule has 0 saturated heterocycles. The van der Waals surface area contributed by atoms with Crippen LogP contribution in [0.4, 0.5) is 0 Å². The lowest BCUT2D eigenvalue weighted by Crippen LogP contribution is -2.43. The lowest BCUT2D eigenvalue weighted by Gasteiger charge is -2.38. The zero-order chi connectivity index (χ0) is 15.6. The first-order valence-electron chi connectivity index (χ1n) is 8.04. The Labute approximate surface area is 136 Å². The van der Waals surface area contributed by atoms with E-state index >= 15 is 0 Å². The third-order valence-electron chi connectivity index (χ3n) is 4.78. The predicted octanol–water partition coefficient (Wildman–Crippen LogP) is 3.18. The first kappa shape index (κ1) is 15.7. The molecule has 2 aromatic heterocycles. The maximum Gasteiger partial charge on any atom is 0.107 e. The maximum atomic E-state index is 10.3. The van der Waals surface area contributed by atoms with Gasteiger partial charge in [-0.25, -0.2) is 0 Å². The minimum absolute atomic E-state index is 0.00353. The number of hydrogen-bond donors (Lipinski definition) is 2. The third kappa shape index (κ3) is 3.26. The molecule has 120 valence electrons. The summed E-state index contributed by atoms with van der Waals surface area (Å²) in [4.78, 5) is 1.21. The Kier molecular flexibility index (Phi) is 4.66. The summed E-state index contributed by atoms with van der Waals surface area (Å²) in [5, 5.41) is 20.5. The fraction of sp³-hybridized carbons (Fsp3) is 0.588. The molecule has 0 aliphatic heterocycles. The summed E-state index contributed by atoms with van der Waals surface area (Å²) in [7, 11) is 1.97. The van der Waals surface area contributed by atoms with Crippen molar-refractivity contribution in [2.75, 3.05) is 6.54 Å². The van der Waals surface area contributed by atoms with Crippen LogP contribution in [0.1, 0.15) is 38.2 Å². The van der Waals surface area contributed by atoms with Crippen LogP contribution in [0, 0.1) is 5.41 Å². The van der Waals surface area contributed by atoms with Crippen LogP contribution in [-0.2, 0) is 13.6 Å². The predicted molar refractivity (Wildman–Crippen MR) is 90.8 cm³/mol. The highest BCUT2D eigenvalue weighted by Gasteiger charge is 2.34. The van der Waals surface area contributed by atoms with Gasteiger partial charge in [0.05, 0.1) is 11.0 Å².